The predicted molar refractivity (Wildman–Crippen MR) is 94.7 cm³/mol. The summed E-state index contributed by atoms with van der Waals surface area (Å²) in [7, 11) is 0. The normalized spacial score (nSPS) is 13.0. The van der Waals surface area contributed by atoms with Crippen LogP contribution in [0, 0.1) is 0 Å². The van der Waals surface area contributed by atoms with Crippen molar-refractivity contribution in [3.8, 4) is 5.75 Å². The first-order chi connectivity index (χ1) is 12.2. The molecule has 0 fully saturated rings. The molecule has 1 aliphatic heterocycles. The van der Waals surface area contributed by atoms with Gasteiger partial charge >= 0.3 is 0 Å². The van der Waals surface area contributed by atoms with E-state index < -0.39 is 0 Å². The molecule has 7 heteroatoms. The van der Waals surface area contributed by atoms with Crippen LogP contribution in [0.1, 0.15) is 32.0 Å². The summed E-state index contributed by atoms with van der Waals surface area (Å²) in [4.78, 5) is 27.9. The van der Waals surface area contributed by atoms with Gasteiger partial charge in [-0.2, -0.15) is 0 Å². The molecule has 2 amide bonds. The molecule has 2 aromatic rings. The molecule has 2 heterocycles. The van der Waals surface area contributed by atoms with Crippen molar-refractivity contribution in [2.24, 2.45) is 0 Å². The molecule has 1 aromatic heterocycles. The zero-order chi connectivity index (χ0) is 17.6. The van der Waals surface area contributed by atoms with Crippen molar-refractivity contribution in [2.75, 3.05) is 17.2 Å². The fourth-order valence-electron chi connectivity index (χ4n) is 2.76. The molecule has 0 atom stereocenters. The van der Waals surface area contributed by atoms with Gasteiger partial charge in [-0.3, -0.25) is 9.59 Å². The molecule has 0 saturated heterocycles. The number of rotatable bonds is 6. The number of benzene rings is 1. The summed E-state index contributed by atoms with van der Waals surface area (Å²) in [6, 6.07) is 6.99. The second kappa shape index (κ2) is 7.83. The number of hydrogen-bond donors (Lipinski definition) is 2. The Labute approximate surface area is 146 Å². The van der Waals surface area contributed by atoms with Crippen LogP contribution >= 0.6 is 0 Å². The summed E-state index contributed by atoms with van der Waals surface area (Å²) in [6.07, 6.45) is 5.28. The van der Waals surface area contributed by atoms with Gasteiger partial charge < -0.3 is 19.9 Å². The predicted octanol–water partition coefficient (Wildman–Crippen LogP) is 2.59. The van der Waals surface area contributed by atoms with Crippen LogP contribution < -0.4 is 15.4 Å². The van der Waals surface area contributed by atoms with E-state index in [0.29, 0.717) is 23.7 Å². The van der Waals surface area contributed by atoms with Crippen molar-refractivity contribution in [1.82, 2.24) is 9.55 Å². The largest absolute Gasteiger partial charge is 0.484 e. The van der Waals surface area contributed by atoms with Crippen LogP contribution in [-0.4, -0.2) is 28.0 Å². The molecular formula is C18H22N4O3. The van der Waals surface area contributed by atoms with Crippen molar-refractivity contribution in [1.29, 1.82) is 0 Å². The summed E-state index contributed by atoms with van der Waals surface area (Å²) in [5.74, 6) is 1.95. The lowest BCUT2D eigenvalue weighted by molar-refractivity contribution is -0.118. The zero-order valence-electron chi connectivity index (χ0n) is 14.2. The van der Waals surface area contributed by atoms with E-state index in [9.17, 15) is 9.59 Å². The van der Waals surface area contributed by atoms with Gasteiger partial charge in [-0.1, -0.05) is 13.0 Å². The highest BCUT2D eigenvalue weighted by Crippen LogP contribution is 2.20. The van der Waals surface area contributed by atoms with E-state index >= 15 is 0 Å². The number of hydrogen-bond acceptors (Lipinski definition) is 4. The molecule has 25 heavy (non-hydrogen) atoms. The third-order valence-electron chi connectivity index (χ3n) is 4.05. The SMILES string of the molecule is CCC(=O)Nc1cccc(OCC(=O)Nc2cnc3n2CCCC3)c1. The molecule has 0 spiro atoms. The van der Waals surface area contributed by atoms with Crippen LogP contribution in [0.25, 0.3) is 0 Å². The van der Waals surface area contributed by atoms with Crippen LogP contribution in [-0.2, 0) is 22.6 Å². The van der Waals surface area contributed by atoms with E-state index in [-0.39, 0.29) is 18.4 Å². The van der Waals surface area contributed by atoms with Crippen LogP contribution in [0.15, 0.2) is 30.5 Å². The van der Waals surface area contributed by atoms with E-state index in [1.807, 2.05) is 4.57 Å². The van der Waals surface area contributed by atoms with Gasteiger partial charge in [0.1, 0.15) is 17.4 Å². The number of aryl methyl sites for hydroxylation is 1. The number of amides is 2. The second-order valence-corrected chi connectivity index (χ2v) is 5.93. The number of aromatic nitrogens is 2. The Bertz CT molecular complexity index is 769. The number of nitrogens with zero attached hydrogens (tertiary/aromatic N) is 2. The molecular weight excluding hydrogens is 320 g/mol. The quantitative estimate of drug-likeness (QED) is 0.845. The summed E-state index contributed by atoms with van der Waals surface area (Å²) < 4.78 is 7.57. The molecule has 2 N–H and O–H groups in total. The molecule has 0 radical (unpaired) electrons. The zero-order valence-corrected chi connectivity index (χ0v) is 14.2. The number of anilines is 2. The van der Waals surface area contributed by atoms with Crippen LogP contribution in [0.5, 0.6) is 5.75 Å². The molecule has 7 nitrogen and oxygen atoms in total. The number of carbonyl (C=O) groups is 2. The van der Waals surface area contributed by atoms with Crippen molar-refractivity contribution in [3.05, 3.63) is 36.3 Å². The topological polar surface area (TPSA) is 85.2 Å². The number of carbonyl (C=O) groups excluding carboxylic acids is 2. The highest BCUT2D eigenvalue weighted by molar-refractivity contribution is 5.91. The average molecular weight is 342 g/mol. The monoisotopic (exact) mass is 342 g/mol. The number of imidazole rings is 1. The van der Waals surface area contributed by atoms with E-state index in [4.69, 9.17) is 4.74 Å². The smallest absolute Gasteiger partial charge is 0.263 e. The fraction of sp³-hybridized carbons (Fsp3) is 0.389. The lowest BCUT2D eigenvalue weighted by Crippen LogP contribution is -2.23. The van der Waals surface area contributed by atoms with Gasteiger partial charge in [-0.25, -0.2) is 4.98 Å². The molecule has 0 bridgehead atoms. The first kappa shape index (κ1) is 17.0. The minimum Gasteiger partial charge on any atom is -0.484 e. The summed E-state index contributed by atoms with van der Waals surface area (Å²) in [6.45, 7) is 2.56. The van der Waals surface area contributed by atoms with Crippen molar-refractivity contribution in [2.45, 2.75) is 39.2 Å². The maximum Gasteiger partial charge on any atom is 0.263 e. The minimum atomic E-state index is -0.240. The third kappa shape index (κ3) is 4.37. The summed E-state index contributed by atoms with van der Waals surface area (Å²) in [5.41, 5.74) is 0.648. The molecule has 3 rings (SSSR count). The number of nitrogens with one attached hydrogen (secondary N) is 2. The molecule has 0 unspecified atom stereocenters. The van der Waals surface area contributed by atoms with Crippen molar-refractivity contribution >= 4 is 23.3 Å². The van der Waals surface area contributed by atoms with Crippen LogP contribution in [0.3, 0.4) is 0 Å². The van der Waals surface area contributed by atoms with E-state index in [0.717, 1.165) is 31.6 Å². The van der Waals surface area contributed by atoms with Gasteiger partial charge in [0.25, 0.3) is 5.91 Å². The van der Waals surface area contributed by atoms with Crippen LogP contribution in [0.4, 0.5) is 11.5 Å². The Kier molecular flexibility index (Phi) is 5.33. The van der Waals surface area contributed by atoms with Gasteiger partial charge in [0.05, 0.1) is 6.20 Å². The van der Waals surface area contributed by atoms with Crippen molar-refractivity contribution < 1.29 is 14.3 Å². The Morgan fingerprint density at radius 3 is 2.96 bits per heavy atom. The van der Waals surface area contributed by atoms with Gasteiger partial charge in [-0.05, 0) is 25.0 Å². The minimum absolute atomic E-state index is 0.0691. The standard InChI is InChI=1S/C18H22N4O3/c1-2-17(23)20-13-6-5-7-14(10-13)25-12-18(24)21-16-11-19-15-8-3-4-9-22(15)16/h5-7,10-11H,2-4,8-9,12H2,1H3,(H,20,23)(H,21,24). The van der Waals surface area contributed by atoms with Crippen LogP contribution in [0.2, 0.25) is 0 Å². The molecule has 0 aliphatic carbocycles. The number of fused-ring (bicyclic) bond motifs is 1. The first-order valence-electron chi connectivity index (χ1n) is 8.52. The Hall–Kier alpha value is -2.83. The molecule has 132 valence electrons. The fourth-order valence-corrected chi connectivity index (χ4v) is 2.76. The lowest BCUT2D eigenvalue weighted by atomic mass is 10.2. The maximum atomic E-state index is 12.1. The van der Waals surface area contributed by atoms with Crippen molar-refractivity contribution in [3.63, 3.8) is 0 Å². The van der Waals surface area contributed by atoms with E-state index in [1.165, 1.54) is 0 Å². The average Bonchev–Trinajstić information content (AvgIpc) is 3.03. The lowest BCUT2D eigenvalue weighted by Gasteiger charge is -2.16. The summed E-state index contributed by atoms with van der Waals surface area (Å²) >= 11 is 0. The van der Waals surface area contributed by atoms with Gasteiger partial charge in [0, 0.05) is 31.1 Å². The van der Waals surface area contributed by atoms with Gasteiger partial charge in [-0.15, -0.1) is 0 Å². The van der Waals surface area contributed by atoms with Gasteiger partial charge in [0.15, 0.2) is 6.61 Å². The van der Waals surface area contributed by atoms with Gasteiger partial charge in [0.2, 0.25) is 5.91 Å². The Morgan fingerprint density at radius 1 is 1.24 bits per heavy atom. The highest BCUT2D eigenvalue weighted by Gasteiger charge is 2.15. The Morgan fingerprint density at radius 2 is 2.12 bits per heavy atom. The third-order valence-corrected chi connectivity index (χ3v) is 4.05. The molecule has 1 aromatic carbocycles. The highest BCUT2D eigenvalue weighted by atomic mass is 16.5. The Balaban J connectivity index is 1.55. The summed E-state index contributed by atoms with van der Waals surface area (Å²) in [5, 5.41) is 5.60. The second-order valence-electron chi connectivity index (χ2n) is 5.93. The molecule has 0 saturated carbocycles. The first-order valence-corrected chi connectivity index (χ1v) is 8.52. The number of ether oxygens (including phenoxy) is 1. The molecule has 1 aliphatic rings. The van der Waals surface area contributed by atoms with E-state index in [2.05, 4.69) is 15.6 Å². The maximum absolute atomic E-state index is 12.1. The van der Waals surface area contributed by atoms with E-state index in [1.54, 1.807) is 37.4 Å².